The third kappa shape index (κ3) is 3.14. The van der Waals surface area contributed by atoms with Crippen LogP contribution in [-0.4, -0.2) is 26.1 Å². The van der Waals surface area contributed by atoms with Gasteiger partial charge in [-0.1, -0.05) is 0 Å². The van der Waals surface area contributed by atoms with E-state index < -0.39 is 17.5 Å². The number of ether oxygens (including phenoxy) is 1. The minimum absolute atomic E-state index is 0.168. The van der Waals surface area contributed by atoms with E-state index in [-0.39, 0.29) is 22.5 Å². The molecule has 3 aromatic rings. The van der Waals surface area contributed by atoms with E-state index in [1.54, 1.807) is 10.9 Å². The van der Waals surface area contributed by atoms with Crippen LogP contribution in [0.4, 0.5) is 24.7 Å². The Kier molecular flexibility index (Phi) is 4.53. The lowest BCUT2D eigenvalue weighted by atomic mass is 10.2. The first-order chi connectivity index (χ1) is 12.5. The van der Waals surface area contributed by atoms with E-state index in [0.29, 0.717) is 23.8 Å². The highest BCUT2D eigenvalue weighted by atomic mass is 79.9. The van der Waals surface area contributed by atoms with E-state index >= 15 is 0 Å². The first-order valence-corrected chi connectivity index (χ1v) is 8.75. The van der Waals surface area contributed by atoms with Gasteiger partial charge >= 0.3 is 0 Å². The third-order valence-electron chi connectivity index (χ3n) is 4.12. The van der Waals surface area contributed by atoms with Crippen molar-refractivity contribution >= 4 is 38.6 Å². The van der Waals surface area contributed by atoms with Gasteiger partial charge in [0.2, 0.25) is 4.73 Å². The monoisotopic (exact) mass is 427 g/mol. The van der Waals surface area contributed by atoms with E-state index in [2.05, 4.69) is 36.2 Å². The third-order valence-corrected chi connectivity index (χ3v) is 4.48. The van der Waals surface area contributed by atoms with Crippen LogP contribution in [0.15, 0.2) is 23.2 Å². The van der Waals surface area contributed by atoms with Crippen LogP contribution >= 0.6 is 15.9 Å². The summed E-state index contributed by atoms with van der Waals surface area (Å²) in [6.45, 7) is 0.655. The van der Waals surface area contributed by atoms with Gasteiger partial charge in [-0.2, -0.15) is 0 Å². The molecule has 1 saturated heterocycles. The zero-order chi connectivity index (χ0) is 18.3. The molecule has 1 unspecified atom stereocenters. The first-order valence-electron chi connectivity index (χ1n) is 7.96. The summed E-state index contributed by atoms with van der Waals surface area (Å²) in [5, 5.41) is 2.66. The lowest BCUT2D eigenvalue weighted by molar-refractivity contribution is -0.0298. The van der Waals surface area contributed by atoms with Crippen LogP contribution in [-0.2, 0) is 4.74 Å². The van der Waals surface area contributed by atoms with E-state index in [9.17, 15) is 13.2 Å². The van der Waals surface area contributed by atoms with E-state index in [1.807, 2.05) is 0 Å². The number of rotatable bonds is 3. The molecule has 26 heavy (non-hydrogen) atoms. The normalized spacial score (nSPS) is 17.6. The summed E-state index contributed by atoms with van der Waals surface area (Å²) in [4.78, 5) is 12.8. The Morgan fingerprint density at radius 3 is 2.69 bits per heavy atom. The van der Waals surface area contributed by atoms with Crippen molar-refractivity contribution in [3.05, 3.63) is 40.6 Å². The standard InChI is InChI=1S/C16H13BrF3N5O/c17-16-23-14(22-11-6-9(19)8(18)5-10(11)20)13-15(24-16)25(7-21-13)12-3-1-2-4-26-12/h5-7,12H,1-4H2,(H,22,23,24). The number of nitrogens with zero attached hydrogens (tertiary/aromatic N) is 4. The average molecular weight is 428 g/mol. The molecule has 0 amide bonds. The largest absolute Gasteiger partial charge is 0.358 e. The zero-order valence-corrected chi connectivity index (χ0v) is 14.9. The maximum atomic E-state index is 13.9. The number of fused-ring (bicyclic) bond motifs is 1. The molecule has 3 heterocycles. The Morgan fingerprint density at radius 2 is 1.92 bits per heavy atom. The van der Waals surface area contributed by atoms with Gasteiger partial charge in [0.15, 0.2) is 28.6 Å². The molecule has 0 radical (unpaired) electrons. The second kappa shape index (κ2) is 6.84. The number of nitrogens with one attached hydrogen (secondary N) is 1. The molecule has 0 bridgehead atoms. The van der Waals surface area contributed by atoms with Gasteiger partial charge in [0.1, 0.15) is 12.0 Å². The smallest absolute Gasteiger partial charge is 0.200 e. The van der Waals surface area contributed by atoms with Crippen LogP contribution in [0, 0.1) is 17.5 Å². The number of halogens is 4. The Balaban J connectivity index is 1.76. The number of imidazole rings is 1. The lowest BCUT2D eigenvalue weighted by Gasteiger charge is -2.23. The molecule has 1 aromatic carbocycles. The Hall–Kier alpha value is -2.20. The van der Waals surface area contributed by atoms with Crippen molar-refractivity contribution in [1.29, 1.82) is 0 Å². The van der Waals surface area contributed by atoms with Gasteiger partial charge in [-0.15, -0.1) is 0 Å². The fraction of sp³-hybridized carbons (Fsp3) is 0.312. The van der Waals surface area contributed by atoms with Crippen LogP contribution in [0.1, 0.15) is 25.5 Å². The van der Waals surface area contributed by atoms with Crippen molar-refractivity contribution in [2.75, 3.05) is 11.9 Å². The Morgan fingerprint density at radius 1 is 1.12 bits per heavy atom. The maximum Gasteiger partial charge on any atom is 0.200 e. The van der Waals surface area contributed by atoms with Gasteiger partial charge in [-0.05, 0) is 35.2 Å². The highest BCUT2D eigenvalue weighted by Crippen LogP contribution is 2.30. The molecule has 136 valence electrons. The van der Waals surface area contributed by atoms with Crippen LogP contribution in [0.2, 0.25) is 0 Å². The minimum atomic E-state index is -1.26. The summed E-state index contributed by atoms with van der Waals surface area (Å²) in [5.41, 5.74) is 0.607. The summed E-state index contributed by atoms with van der Waals surface area (Å²) >= 11 is 3.21. The molecule has 1 aliphatic heterocycles. The predicted molar refractivity (Wildman–Crippen MR) is 91.5 cm³/mol. The number of hydrogen-bond acceptors (Lipinski definition) is 5. The van der Waals surface area contributed by atoms with E-state index in [4.69, 9.17) is 4.74 Å². The minimum Gasteiger partial charge on any atom is -0.358 e. The second-order valence-electron chi connectivity index (χ2n) is 5.86. The fourth-order valence-electron chi connectivity index (χ4n) is 2.88. The summed E-state index contributed by atoms with van der Waals surface area (Å²) < 4.78 is 48.3. The van der Waals surface area contributed by atoms with Crippen molar-refractivity contribution < 1.29 is 17.9 Å². The maximum absolute atomic E-state index is 13.9. The molecule has 1 atom stereocenters. The first kappa shape index (κ1) is 17.2. The van der Waals surface area contributed by atoms with Gasteiger partial charge in [0.05, 0.1) is 12.0 Å². The highest BCUT2D eigenvalue weighted by Gasteiger charge is 2.21. The highest BCUT2D eigenvalue weighted by molar-refractivity contribution is 9.10. The van der Waals surface area contributed by atoms with Crippen molar-refractivity contribution in [2.45, 2.75) is 25.5 Å². The molecule has 2 aromatic heterocycles. The molecule has 1 aliphatic rings. The molecule has 1 fully saturated rings. The zero-order valence-electron chi connectivity index (χ0n) is 13.3. The Labute approximate surface area is 154 Å². The number of aromatic nitrogens is 4. The van der Waals surface area contributed by atoms with Crippen LogP contribution in [0.25, 0.3) is 11.2 Å². The molecule has 0 aliphatic carbocycles. The summed E-state index contributed by atoms with van der Waals surface area (Å²) in [5.74, 6) is -3.21. The second-order valence-corrected chi connectivity index (χ2v) is 6.57. The van der Waals surface area contributed by atoms with Crippen molar-refractivity contribution in [1.82, 2.24) is 19.5 Å². The van der Waals surface area contributed by atoms with Crippen molar-refractivity contribution in [3.63, 3.8) is 0 Å². The van der Waals surface area contributed by atoms with Crippen LogP contribution < -0.4 is 5.32 Å². The lowest BCUT2D eigenvalue weighted by Crippen LogP contribution is -2.17. The number of anilines is 2. The molecule has 1 N–H and O–H groups in total. The summed E-state index contributed by atoms with van der Waals surface area (Å²) in [6, 6.07) is 1.20. The van der Waals surface area contributed by atoms with Crippen molar-refractivity contribution in [2.24, 2.45) is 0 Å². The van der Waals surface area contributed by atoms with Crippen molar-refractivity contribution in [3.8, 4) is 0 Å². The number of hydrogen-bond donors (Lipinski definition) is 1. The van der Waals surface area contributed by atoms with Gasteiger partial charge in [0, 0.05) is 18.7 Å². The van der Waals surface area contributed by atoms with Gasteiger partial charge < -0.3 is 10.1 Å². The molecule has 6 nitrogen and oxygen atoms in total. The van der Waals surface area contributed by atoms with Gasteiger partial charge in [-0.25, -0.2) is 28.1 Å². The molecular formula is C16H13BrF3N5O. The Bertz CT molecular complexity index is 974. The predicted octanol–water partition coefficient (Wildman–Crippen LogP) is 4.45. The SMILES string of the molecule is Fc1cc(F)c(Nc2nc(Br)nc3c2ncn3C2CCCCO2)cc1F. The molecule has 0 spiro atoms. The van der Waals surface area contributed by atoms with Crippen LogP contribution in [0.5, 0.6) is 0 Å². The van der Waals surface area contributed by atoms with E-state index in [0.717, 1.165) is 25.3 Å². The van der Waals surface area contributed by atoms with Crippen LogP contribution in [0.3, 0.4) is 0 Å². The van der Waals surface area contributed by atoms with E-state index in [1.165, 1.54) is 0 Å². The molecule has 0 saturated carbocycles. The molecular weight excluding hydrogens is 415 g/mol. The van der Waals surface area contributed by atoms with Gasteiger partial charge in [0.25, 0.3) is 0 Å². The summed E-state index contributed by atoms with van der Waals surface area (Å²) in [7, 11) is 0. The average Bonchev–Trinajstić information content (AvgIpc) is 3.04. The quantitative estimate of drug-likeness (QED) is 0.494. The molecule has 4 rings (SSSR count). The van der Waals surface area contributed by atoms with Gasteiger partial charge in [-0.3, -0.25) is 4.57 Å². The topological polar surface area (TPSA) is 64.9 Å². The molecule has 10 heteroatoms. The number of benzene rings is 1. The fourth-order valence-corrected chi connectivity index (χ4v) is 3.22. The summed E-state index contributed by atoms with van der Waals surface area (Å²) in [6.07, 6.45) is 4.25.